The van der Waals surface area contributed by atoms with Gasteiger partial charge in [0.25, 0.3) is 5.91 Å². The fourth-order valence-corrected chi connectivity index (χ4v) is 1.82. The summed E-state index contributed by atoms with van der Waals surface area (Å²) in [7, 11) is 1.31. The van der Waals surface area contributed by atoms with E-state index in [1.165, 1.54) is 19.2 Å². The SMILES string of the molecule is COC(=O)c1ccc(NC(=O)c2cc(N)cc(N)c2)cc1. The molecule has 2 rings (SSSR count). The number of carbonyl (C=O) groups is 2. The second kappa shape index (κ2) is 5.96. The van der Waals surface area contributed by atoms with E-state index in [-0.39, 0.29) is 5.91 Å². The van der Waals surface area contributed by atoms with E-state index in [4.69, 9.17) is 11.5 Å². The first-order valence-corrected chi connectivity index (χ1v) is 6.15. The van der Waals surface area contributed by atoms with E-state index in [0.29, 0.717) is 28.2 Å². The van der Waals surface area contributed by atoms with Crippen LogP contribution in [0, 0.1) is 0 Å². The van der Waals surface area contributed by atoms with Gasteiger partial charge >= 0.3 is 5.97 Å². The third-order valence-corrected chi connectivity index (χ3v) is 2.80. The molecule has 0 fully saturated rings. The zero-order chi connectivity index (χ0) is 15.4. The highest BCUT2D eigenvalue weighted by Gasteiger charge is 2.09. The number of carbonyl (C=O) groups excluding carboxylic acids is 2. The summed E-state index contributed by atoms with van der Waals surface area (Å²) in [5.74, 6) is -0.767. The van der Waals surface area contributed by atoms with Crippen molar-refractivity contribution in [2.24, 2.45) is 0 Å². The van der Waals surface area contributed by atoms with E-state index < -0.39 is 5.97 Å². The Bertz CT molecular complexity index is 661. The number of benzene rings is 2. The molecular formula is C15H15N3O3. The monoisotopic (exact) mass is 285 g/mol. The van der Waals surface area contributed by atoms with Crippen LogP contribution >= 0.6 is 0 Å². The van der Waals surface area contributed by atoms with Crippen molar-refractivity contribution >= 4 is 28.9 Å². The Hall–Kier alpha value is -3.02. The Labute approximate surface area is 121 Å². The van der Waals surface area contributed by atoms with Crippen molar-refractivity contribution in [2.75, 3.05) is 23.9 Å². The lowest BCUT2D eigenvalue weighted by Gasteiger charge is -2.07. The maximum atomic E-state index is 12.1. The number of esters is 1. The van der Waals surface area contributed by atoms with Gasteiger partial charge in [0, 0.05) is 22.6 Å². The van der Waals surface area contributed by atoms with Gasteiger partial charge in [-0.3, -0.25) is 4.79 Å². The minimum Gasteiger partial charge on any atom is -0.465 e. The van der Waals surface area contributed by atoms with Gasteiger partial charge in [-0.05, 0) is 42.5 Å². The molecule has 5 N–H and O–H groups in total. The van der Waals surface area contributed by atoms with Crippen molar-refractivity contribution in [3.8, 4) is 0 Å². The van der Waals surface area contributed by atoms with Gasteiger partial charge in [0.1, 0.15) is 0 Å². The van der Waals surface area contributed by atoms with Crippen LogP contribution in [0.25, 0.3) is 0 Å². The van der Waals surface area contributed by atoms with Crippen molar-refractivity contribution < 1.29 is 14.3 Å². The number of nitrogens with two attached hydrogens (primary N) is 2. The van der Waals surface area contributed by atoms with Crippen molar-refractivity contribution in [1.29, 1.82) is 0 Å². The van der Waals surface area contributed by atoms with Crippen molar-refractivity contribution in [3.05, 3.63) is 53.6 Å². The third-order valence-electron chi connectivity index (χ3n) is 2.80. The Balaban J connectivity index is 2.14. The zero-order valence-electron chi connectivity index (χ0n) is 11.4. The van der Waals surface area contributed by atoms with Gasteiger partial charge in [0.2, 0.25) is 0 Å². The summed E-state index contributed by atoms with van der Waals surface area (Å²) in [6.45, 7) is 0. The Morgan fingerprint density at radius 1 is 0.952 bits per heavy atom. The molecule has 108 valence electrons. The van der Waals surface area contributed by atoms with Crippen LogP contribution in [0.5, 0.6) is 0 Å². The summed E-state index contributed by atoms with van der Waals surface area (Å²) in [4.78, 5) is 23.4. The molecule has 21 heavy (non-hydrogen) atoms. The van der Waals surface area contributed by atoms with Gasteiger partial charge in [0.05, 0.1) is 12.7 Å². The maximum Gasteiger partial charge on any atom is 0.337 e. The van der Waals surface area contributed by atoms with Crippen LogP contribution in [-0.2, 0) is 4.74 Å². The minimum absolute atomic E-state index is 0.334. The second-order valence-corrected chi connectivity index (χ2v) is 4.41. The highest BCUT2D eigenvalue weighted by molar-refractivity contribution is 6.05. The smallest absolute Gasteiger partial charge is 0.337 e. The van der Waals surface area contributed by atoms with Crippen molar-refractivity contribution in [2.45, 2.75) is 0 Å². The van der Waals surface area contributed by atoms with Crippen molar-refractivity contribution in [3.63, 3.8) is 0 Å². The van der Waals surface area contributed by atoms with E-state index in [1.807, 2.05) is 0 Å². The molecule has 0 aliphatic carbocycles. The number of nitrogen functional groups attached to an aromatic ring is 2. The number of anilines is 3. The highest BCUT2D eigenvalue weighted by Crippen LogP contribution is 2.16. The van der Waals surface area contributed by atoms with Crippen molar-refractivity contribution in [1.82, 2.24) is 0 Å². The van der Waals surface area contributed by atoms with Crippen LogP contribution in [-0.4, -0.2) is 19.0 Å². The largest absolute Gasteiger partial charge is 0.465 e. The second-order valence-electron chi connectivity index (χ2n) is 4.41. The van der Waals surface area contributed by atoms with E-state index in [2.05, 4.69) is 10.1 Å². The fraction of sp³-hybridized carbons (Fsp3) is 0.0667. The molecular weight excluding hydrogens is 270 g/mol. The van der Waals surface area contributed by atoms with Crippen LogP contribution < -0.4 is 16.8 Å². The van der Waals surface area contributed by atoms with Gasteiger partial charge in [-0.1, -0.05) is 0 Å². The third kappa shape index (κ3) is 3.50. The van der Waals surface area contributed by atoms with E-state index >= 15 is 0 Å². The van der Waals surface area contributed by atoms with Gasteiger partial charge < -0.3 is 21.5 Å². The Morgan fingerprint density at radius 3 is 2.05 bits per heavy atom. The molecule has 0 radical (unpaired) electrons. The predicted molar refractivity (Wildman–Crippen MR) is 81.0 cm³/mol. The summed E-state index contributed by atoms with van der Waals surface area (Å²) in [6, 6.07) is 11.0. The van der Waals surface area contributed by atoms with E-state index in [9.17, 15) is 9.59 Å². The number of hydrogen-bond acceptors (Lipinski definition) is 5. The first kappa shape index (κ1) is 14.4. The van der Waals surface area contributed by atoms with E-state index in [0.717, 1.165) is 0 Å². The average molecular weight is 285 g/mol. The molecule has 2 aromatic rings. The molecule has 0 heterocycles. The zero-order valence-corrected chi connectivity index (χ0v) is 11.4. The van der Waals surface area contributed by atoms with Crippen LogP contribution in [0.4, 0.5) is 17.1 Å². The van der Waals surface area contributed by atoms with Gasteiger partial charge in [0.15, 0.2) is 0 Å². The number of rotatable bonds is 3. The van der Waals surface area contributed by atoms with Gasteiger partial charge in [-0.25, -0.2) is 4.79 Å². The lowest BCUT2D eigenvalue weighted by atomic mass is 10.1. The predicted octanol–water partition coefficient (Wildman–Crippen LogP) is 1.89. The molecule has 0 atom stereocenters. The summed E-state index contributed by atoms with van der Waals surface area (Å²) in [6.07, 6.45) is 0. The lowest BCUT2D eigenvalue weighted by molar-refractivity contribution is 0.0600. The molecule has 0 aromatic heterocycles. The van der Waals surface area contributed by atoms with Gasteiger partial charge in [-0.15, -0.1) is 0 Å². The molecule has 6 nitrogen and oxygen atoms in total. The first-order chi connectivity index (χ1) is 9.99. The topological polar surface area (TPSA) is 107 Å². The van der Waals surface area contributed by atoms with Crippen LogP contribution in [0.15, 0.2) is 42.5 Å². The average Bonchev–Trinajstić information content (AvgIpc) is 2.46. The molecule has 1 amide bonds. The summed E-state index contributed by atoms with van der Waals surface area (Å²) >= 11 is 0. The number of methoxy groups -OCH3 is 1. The molecule has 2 aromatic carbocycles. The van der Waals surface area contributed by atoms with E-state index in [1.54, 1.807) is 30.3 Å². The molecule has 0 saturated heterocycles. The minimum atomic E-state index is -0.434. The quantitative estimate of drug-likeness (QED) is 0.589. The molecule has 0 aliphatic rings. The molecule has 0 aliphatic heterocycles. The molecule has 6 heteroatoms. The molecule has 0 saturated carbocycles. The first-order valence-electron chi connectivity index (χ1n) is 6.15. The Kier molecular flexibility index (Phi) is 4.08. The van der Waals surface area contributed by atoms with Crippen LogP contribution in [0.2, 0.25) is 0 Å². The lowest BCUT2D eigenvalue weighted by Crippen LogP contribution is -2.13. The normalized spacial score (nSPS) is 9.95. The number of nitrogens with one attached hydrogen (secondary N) is 1. The molecule has 0 spiro atoms. The van der Waals surface area contributed by atoms with Crippen LogP contribution in [0.1, 0.15) is 20.7 Å². The highest BCUT2D eigenvalue weighted by atomic mass is 16.5. The number of amides is 1. The van der Waals surface area contributed by atoms with Gasteiger partial charge in [-0.2, -0.15) is 0 Å². The maximum absolute atomic E-state index is 12.1. The number of ether oxygens (including phenoxy) is 1. The standard InChI is InChI=1S/C15H15N3O3/c1-21-15(20)9-2-4-13(5-3-9)18-14(19)10-6-11(16)8-12(17)7-10/h2-8H,16-17H2,1H3,(H,18,19). The van der Waals surface area contributed by atoms with Crippen LogP contribution in [0.3, 0.4) is 0 Å². The summed E-state index contributed by atoms with van der Waals surface area (Å²) < 4.78 is 4.60. The molecule has 0 bridgehead atoms. The Morgan fingerprint density at radius 2 is 1.52 bits per heavy atom. The fourth-order valence-electron chi connectivity index (χ4n) is 1.82. The molecule has 0 unspecified atom stereocenters. The summed E-state index contributed by atoms with van der Waals surface area (Å²) in [5, 5.41) is 2.69. The number of hydrogen-bond donors (Lipinski definition) is 3. The summed E-state index contributed by atoms with van der Waals surface area (Å²) in [5.41, 5.74) is 13.5.